The minimum absolute atomic E-state index is 0.0648. The molecule has 0 atom stereocenters. The fraction of sp³-hybridized carbons (Fsp3) is 0.696. The minimum atomic E-state index is -4.60. The summed E-state index contributed by atoms with van der Waals surface area (Å²) >= 11 is 0. The first-order valence-electron chi connectivity index (χ1n) is 11.9. The van der Waals surface area contributed by atoms with Crippen LogP contribution in [0.5, 0.6) is 0 Å². The van der Waals surface area contributed by atoms with E-state index in [0.29, 0.717) is 4.31 Å². The van der Waals surface area contributed by atoms with Crippen LogP contribution in [0.15, 0.2) is 18.3 Å². The van der Waals surface area contributed by atoms with Gasteiger partial charge in [0, 0.05) is 12.7 Å². The number of rotatable bonds is 11. The number of ether oxygens (including phenoxy) is 2. The van der Waals surface area contributed by atoms with E-state index in [1.807, 2.05) is 0 Å². The van der Waals surface area contributed by atoms with Gasteiger partial charge in [0.15, 0.2) is 5.49 Å². The summed E-state index contributed by atoms with van der Waals surface area (Å²) in [4.78, 5) is 31.4. The van der Waals surface area contributed by atoms with E-state index in [0.717, 1.165) is 10.5 Å². The van der Waals surface area contributed by atoms with Gasteiger partial charge in [-0.2, -0.15) is 0 Å². The van der Waals surface area contributed by atoms with E-state index in [1.165, 1.54) is 20.0 Å². The SMILES string of the molecule is CCOP(=O)(CS(=O)(=O)N(CCN(C(=O)OC(C)(C)C)c1cc(C)ccn1)C(=O)OC(C)(C)C)OCC. The van der Waals surface area contributed by atoms with Crippen molar-refractivity contribution in [2.45, 2.75) is 73.5 Å². The molecule has 2 amide bonds. The Labute approximate surface area is 220 Å². The molecule has 0 saturated carbocycles. The molecule has 0 bridgehead atoms. The molecule has 0 N–H and O–H groups in total. The Morgan fingerprint density at radius 1 is 0.946 bits per heavy atom. The lowest BCUT2D eigenvalue weighted by atomic mass is 10.2. The summed E-state index contributed by atoms with van der Waals surface area (Å²) in [5.41, 5.74) is -2.17. The van der Waals surface area contributed by atoms with Crippen LogP contribution in [-0.4, -0.2) is 72.9 Å². The first kappa shape index (κ1) is 32.8. The molecule has 37 heavy (non-hydrogen) atoms. The highest BCUT2D eigenvalue weighted by Crippen LogP contribution is 2.49. The highest BCUT2D eigenvalue weighted by Gasteiger charge is 2.40. The number of amides is 2. The number of aryl methyl sites for hydroxylation is 1. The molecule has 0 unspecified atom stereocenters. The second kappa shape index (κ2) is 13.0. The maximum atomic E-state index is 13.4. The zero-order valence-electron chi connectivity index (χ0n) is 23.1. The van der Waals surface area contributed by atoms with Crippen LogP contribution in [0.4, 0.5) is 15.4 Å². The van der Waals surface area contributed by atoms with Gasteiger partial charge in [-0.25, -0.2) is 27.3 Å². The number of nitrogens with zero attached hydrogens (tertiary/aromatic N) is 3. The van der Waals surface area contributed by atoms with E-state index < -0.39 is 53.0 Å². The highest BCUT2D eigenvalue weighted by molar-refractivity contribution is 7.96. The highest BCUT2D eigenvalue weighted by atomic mass is 32.2. The van der Waals surface area contributed by atoms with Crippen LogP contribution in [0.2, 0.25) is 0 Å². The van der Waals surface area contributed by atoms with Crippen LogP contribution in [0.25, 0.3) is 0 Å². The Bertz CT molecular complexity index is 1070. The zero-order valence-corrected chi connectivity index (χ0v) is 24.8. The van der Waals surface area contributed by atoms with Crippen molar-refractivity contribution in [3.8, 4) is 0 Å². The summed E-state index contributed by atoms with van der Waals surface area (Å²) in [5, 5.41) is 0. The standard InChI is InChI=1S/C23H40N3O9PS/c1-10-32-36(29,33-11-2)17-37(30,31)26(21(28)35-23(7,8)9)15-14-25(20(27)34-22(4,5)6)19-16-18(3)12-13-24-19/h12-13,16H,10-11,14-15,17H2,1-9H3. The van der Waals surface area contributed by atoms with Gasteiger partial charge in [0.1, 0.15) is 17.0 Å². The molecule has 0 fully saturated rings. The number of carbonyl (C=O) groups excluding carboxylic acids is 2. The number of hydrogen-bond acceptors (Lipinski definition) is 10. The third-order valence-electron chi connectivity index (χ3n) is 4.22. The van der Waals surface area contributed by atoms with Gasteiger partial charge < -0.3 is 18.5 Å². The second-order valence-electron chi connectivity index (χ2n) is 10.1. The van der Waals surface area contributed by atoms with Crippen LogP contribution in [0.1, 0.15) is 61.0 Å². The fourth-order valence-corrected chi connectivity index (χ4v) is 7.14. The van der Waals surface area contributed by atoms with Gasteiger partial charge in [-0.15, -0.1) is 0 Å². The predicted molar refractivity (Wildman–Crippen MR) is 140 cm³/mol. The molecule has 12 nitrogen and oxygen atoms in total. The topological polar surface area (TPSA) is 142 Å². The van der Waals surface area contributed by atoms with Crippen molar-refractivity contribution < 1.29 is 41.1 Å². The summed E-state index contributed by atoms with van der Waals surface area (Å²) in [7, 11) is -8.70. The van der Waals surface area contributed by atoms with E-state index in [4.69, 9.17) is 18.5 Å². The molecule has 0 aliphatic rings. The van der Waals surface area contributed by atoms with Crippen LogP contribution < -0.4 is 4.90 Å². The number of hydrogen-bond donors (Lipinski definition) is 0. The number of carbonyl (C=O) groups is 2. The first-order chi connectivity index (χ1) is 16.8. The third kappa shape index (κ3) is 11.4. The molecule has 0 aliphatic carbocycles. The molecule has 0 spiro atoms. The number of pyridine rings is 1. The summed E-state index contributed by atoms with van der Waals surface area (Å²) in [5.74, 6) is 0.199. The molecule has 1 aromatic heterocycles. The Morgan fingerprint density at radius 2 is 1.46 bits per heavy atom. The lowest BCUT2D eigenvalue weighted by Gasteiger charge is -2.31. The largest absolute Gasteiger partial charge is 0.443 e. The molecular weight excluding hydrogens is 525 g/mol. The van der Waals surface area contributed by atoms with Crippen molar-refractivity contribution in [1.82, 2.24) is 9.29 Å². The van der Waals surface area contributed by atoms with Crippen molar-refractivity contribution in [3.63, 3.8) is 0 Å². The molecule has 212 valence electrons. The van der Waals surface area contributed by atoms with Crippen molar-refractivity contribution in [2.75, 3.05) is 36.7 Å². The maximum absolute atomic E-state index is 13.4. The molecule has 1 heterocycles. The van der Waals surface area contributed by atoms with E-state index in [9.17, 15) is 22.6 Å². The van der Waals surface area contributed by atoms with Gasteiger partial charge in [0.25, 0.3) is 10.0 Å². The Balaban J connectivity index is 3.43. The maximum Gasteiger partial charge on any atom is 0.424 e. The normalized spacial score (nSPS) is 12.7. The molecule has 0 radical (unpaired) electrons. The minimum Gasteiger partial charge on any atom is -0.443 e. The van der Waals surface area contributed by atoms with Gasteiger partial charge >= 0.3 is 19.8 Å². The summed E-state index contributed by atoms with van der Waals surface area (Å²) in [6.07, 6.45) is -0.500. The van der Waals surface area contributed by atoms with Crippen molar-refractivity contribution in [1.29, 1.82) is 0 Å². The predicted octanol–water partition coefficient (Wildman–Crippen LogP) is 4.92. The van der Waals surface area contributed by atoms with Gasteiger partial charge in [0.2, 0.25) is 0 Å². The Kier molecular flexibility index (Phi) is 11.6. The summed E-state index contributed by atoms with van der Waals surface area (Å²) in [6, 6.07) is 3.35. The van der Waals surface area contributed by atoms with Crippen LogP contribution >= 0.6 is 7.60 Å². The lowest BCUT2D eigenvalue weighted by molar-refractivity contribution is 0.0385. The van der Waals surface area contributed by atoms with E-state index in [1.54, 1.807) is 60.6 Å². The Hall–Kier alpha value is -2.21. The number of anilines is 1. The monoisotopic (exact) mass is 565 g/mol. The smallest absolute Gasteiger partial charge is 0.424 e. The zero-order chi connectivity index (χ0) is 28.7. The molecule has 0 aliphatic heterocycles. The summed E-state index contributed by atoms with van der Waals surface area (Å²) in [6.45, 7) is 13.7. The molecule has 0 aromatic carbocycles. The molecule has 14 heteroatoms. The lowest BCUT2D eigenvalue weighted by Crippen LogP contribution is -2.47. The third-order valence-corrected chi connectivity index (χ3v) is 9.10. The van der Waals surface area contributed by atoms with E-state index in [2.05, 4.69) is 4.98 Å². The van der Waals surface area contributed by atoms with Crippen molar-refractivity contribution in [2.24, 2.45) is 0 Å². The molecule has 0 saturated heterocycles. The average molecular weight is 566 g/mol. The van der Waals surface area contributed by atoms with Gasteiger partial charge in [0.05, 0.1) is 19.8 Å². The quantitative estimate of drug-likeness (QED) is 0.339. The van der Waals surface area contributed by atoms with Crippen LogP contribution in [0, 0.1) is 6.92 Å². The van der Waals surface area contributed by atoms with Gasteiger partial charge in [-0.05, 0) is 80.0 Å². The average Bonchev–Trinajstić information content (AvgIpc) is 2.67. The Morgan fingerprint density at radius 3 is 1.92 bits per heavy atom. The van der Waals surface area contributed by atoms with Crippen molar-refractivity contribution >= 4 is 35.6 Å². The number of sulfonamides is 1. The number of aromatic nitrogens is 1. The van der Waals surface area contributed by atoms with Crippen LogP contribution in [-0.2, 0) is 33.1 Å². The molecular formula is C23H40N3O9PS. The summed E-state index contributed by atoms with van der Waals surface area (Å²) < 4.78 is 61.2. The second-order valence-corrected chi connectivity index (χ2v) is 14.4. The van der Waals surface area contributed by atoms with Gasteiger partial charge in [-0.3, -0.25) is 9.46 Å². The van der Waals surface area contributed by atoms with Crippen molar-refractivity contribution in [3.05, 3.63) is 23.9 Å². The molecule has 1 aromatic rings. The fourth-order valence-electron chi connectivity index (χ4n) is 2.91. The van der Waals surface area contributed by atoms with E-state index in [-0.39, 0.29) is 25.6 Å². The van der Waals surface area contributed by atoms with E-state index >= 15 is 0 Å². The molecule has 1 rings (SSSR count). The van der Waals surface area contributed by atoms with Crippen LogP contribution in [0.3, 0.4) is 0 Å². The first-order valence-corrected chi connectivity index (χ1v) is 15.2. The van der Waals surface area contributed by atoms with Gasteiger partial charge in [-0.1, -0.05) is 0 Å².